The Bertz CT molecular complexity index is 440. The topological polar surface area (TPSA) is 29.1 Å². The highest BCUT2D eigenvalue weighted by Gasteiger charge is 2.35. The van der Waals surface area contributed by atoms with E-state index in [4.69, 9.17) is 11.6 Å². The molecule has 2 rings (SSSR count). The van der Waals surface area contributed by atoms with Gasteiger partial charge in [0.05, 0.1) is 16.1 Å². The summed E-state index contributed by atoms with van der Waals surface area (Å²) < 4.78 is 13.6. The molecule has 1 aliphatic rings. The number of nitrogens with one attached hydrogen (secondary N) is 1. The highest BCUT2D eigenvalue weighted by atomic mass is 79.9. The molecule has 1 aliphatic carbocycles. The summed E-state index contributed by atoms with van der Waals surface area (Å²) in [4.78, 5) is 12.2. The van der Waals surface area contributed by atoms with Crippen molar-refractivity contribution in [3.05, 3.63) is 34.6 Å². The standard InChI is InChI=1S/C13H14BrClFNO/c14-8-13(6-1-2-7-13)17-12(18)11-9(15)4-3-5-10(11)16/h3-5H,1-2,6-8H2,(H,17,18). The highest BCUT2D eigenvalue weighted by molar-refractivity contribution is 9.09. The van der Waals surface area contributed by atoms with Crippen LogP contribution in [-0.2, 0) is 0 Å². The molecule has 1 saturated carbocycles. The summed E-state index contributed by atoms with van der Waals surface area (Å²) in [6.45, 7) is 0. The zero-order chi connectivity index (χ0) is 13.2. The first-order valence-corrected chi connectivity index (χ1v) is 7.40. The SMILES string of the molecule is O=C(NC1(CBr)CCCC1)c1c(F)cccc1Cl. The number of benzene rings is 1. The highest BCUT2D eigenvalue weighted by Crippen LogP contribution is 2.32. The molecule has 2 nitrogen and oxygen atoms in total. The number of alkyl halides is 1. The first-order chi connectivity index (χ1) is 8.58. The molecule has 0 radical (unpaired) electrons. The average Bonchev–Trinajstić information content (AvgIpc) is 2.78. The predicted molar refractivity (Wildman–Crippen MR) is 73.9 cm³/mol. The van der Waals surface area contributed by atoms with Crippen LogP contribution in [0.5, 0.6) is 0 Å². The van der Waals surface area contributed by atoms with E-state index < -0.39 is 11.7 Å². The van der Waals surface area contributed by atoms with Crippen molar-refractivity contribution in [3.8, 4) is 0 Å². The van der Waals surface area contributed by atoms with Crippen LogP contribution in [-0.4, -0.2) is 16.8 Å². The van der Waals surface area contributed by atoms with E-state index in [9.17, 15) is 9.18 Å². The van der Waals surface area contributed by atoms with Gasteiger partial charge in [0.1, 0.15) is 5.82 Å². The molecule has 18 heavy (non-hydrogen) atoms. The molecule has 0 heterocycles. The molecule has 5 heteroatoms. The van der Waals surface area contributed by atoms with E-state index in [0.29, 0.717) is 5.33 Å². The third-order valence-electron chi connectivity index (χ3n) is 3.38. The van der Waals surface area contributed by atoms with Gasteiger partial charge in [-0.3, -0.25) is 4.79 Å². The summed E-state index contributed by atoms with van der Waals surface area (Å²) in [5, 5.41) is 3.76. The van der Waals surface area contributed by atoms with Crippen molar-refractivity contribution >= 4 is 33.4 Å². The number of amides is 1. The molecule has 0 aromatic heterocycles. The molecule has 0 spiro atoms. The average molecular weight is 335 g/mol. The lowest BCUT2D eigenvalue weighted by molar-refractivity contribution is 0.0906. The lowest BCUT2D eigenvalue weighted by Crippen LogP contribution is -2.48. The minimum absolute atomic E-state index is 0.0635. The van der Waals surface area contributed by atoms with Crippen LogP contribution in [0.2, 0.25) is 5.02 Å². The van der Waals surface area contributed by atoms with Gasteiger partial charge in [-0.2, -0.15) is 0 Å². The van der Waals surface area contributed by atoms with Gasteiger partial charge in [-0.05, 0) is 25.0 Å². The number of hydrogen-bond acceptors (Lipinski definition) is 1. The number of halogens is 3. The molecule has 0 bridgehead atoms. The third kappa shape index (κ3) is 2.69. The van der Waals surface area contributed by atoms with Crippen molar-refractivity contribution in [3.63, 3.8) is 0 Å². The molecule has 1 aromatic carbocycles. The fourth-order valence-electron chi connectivity index (χ4n) is 2.36. The Kier molecular flexibility index (Phi) is 4.28. The number of carbonyl (C=O) groups is 1. The van der Waals surface area contributed by atoms with Crippen molar-refractivity contribution in [1.82, 2.24) is 5.32 Å². The molecule has 0 saturated heterocycles. The second-order valence-corrected chi connectivity index (χ2v) is 5.64. The Balaban J connectivity index is 2.22. The van der Waals surface area contributed by atoms with Gasteiger partial charge < -0.3 is 5.32 Å². The Morgan fingerprint density at radius 3 is 2.67 bits per heavy atom. The van der Waals surface area contributed by atoms with Crippen molar-refractivity contribution in [2.24, 2.45) is 0 Å². The molecule has 1 fully saturated rings. The van der Waals surface area contributed by atoms with E-state index in [1.807, 2.05) is 0 Å². The van der Waals surface area contributed by atoms with Gasteiger partial charge in [-0.25, -0.2) is 4.39 Å². The smallest absolute Gasteiger partial charge is 0.256 e. The van der Waals surface area contributed by atoms with Gasteiger partial charge in [0.15, 0.2) is 0 Å². The van der Waals surface area contributed by atoms with Crippen molar-refractivity contribution in [2.45, 2.75) is 31.2 Å². The van der Waals surface area contributed by atoms with Crippen molar-refractivity contribution in [2.75, 3.05) is 5.33 Å². The van der Waals surface area contributed by atoms with E-state index >= 15 is 0 Å². The van der Waals surface area contributed by atoms with E-state index in [-0.39, 0.29) is 16.1 Å². The maximum atomic E-state index is 13.6. The second-order valence-electron chi connectivity index (χ2n) is 4.67. The normalized spacial score (nSPS) is 17.7. The number of carbonyl (C=O) groups excluding carboxylic acids is 1. The second kappa shape index (κ2) is 5.57. The van der Waals surface area contributed by atoms with Crippen LogP contribution in [0.15, 0.2) is 18.2 Å². The monoisotopic (exact) mass is 333 g/mol. The summed E-state index contributed by atoms with van der Waals surface area (Å²) in [7, 11) is 0. The Morgan fingerprint density at radius 1 is 1.44 bits per heavy atom. The van der Waals surface area contributed by atoms with E-state index in [2.05, 4.69) is 21.2 Å². The summed E-state index contributed by atoms with van der Waals surface area (Å²) in [6.07, 6.45) is 3.99. The Morgan fingerprint density at radius 2 is 2.11 bits per heavy atom. The van der Waals surface area contributed by atoms with Gasteiger partial charge in [-0.15, -0.1) is 0 Å². The van der Waals surface area contributed by atoms with E-state index in [1.165, 1.54) is 18.2 Å². The zero-order valence-corrected chi connectivity index (χ0v) is 12.2. The van der Waals surface area contributed by atoms with Crippen LogP contribution in [0.25, 0.3) is 0 Å². The molecule has 1 amide bonds. The summed E-state index contributed by atoms with van der Waals surface area (Å²) >= 11 is 9.32. The van der Waals surface area contributed by atoms with Crippen LogP contribution in [0.4, 0.5) is 4.39 Å². The third-order valence-corrected chi connectivity index (χ3v) is 4.77. The summed E-state index contributed by atoms with van der Waals surface area (Å²) in [5.41, 5.74) is -0.325. The summed E-state index contributed by atoms with van der Waals surface area (Å²) in [6, 6.07) is 4.26. The minimum atomic E-state index is -0.581. The van der Waals surface area contributed by atoms with E-state index in [1.54, 1.807) is 0 Å². The molecule has 98 valence electrons. The van der Waals surface area contributed by atoms with Crippen LogP contribution in [0, 0.1) is 5.82 Å². The molecule has 0 atom stereocenters. The van der Waals surface area contributed by atoms with Crippen molar-refractivity contribution < 1.29 is 9.18 Å². The Labute approximate surface area is 119 Å². The maximum absolute atomic E-state index is 13.6. The fourth-order valence-corrected chi connectivity index (χ4v) is 3.31. The largest absolute Gasteiger partial charge is 0.346 e. The quantitative estimate of drug-likeness (QED) is 0.834. The van der Waals surface area contributed by atoms with Gasteiger partial charge in [0.25, 0.3) is 5.91 Å². The van der Waals surface area contributed by atoms with Crippen LogP contribution >= 0.6 is 27.5 Å². The van der Waals surface area contributed by atoms with Gasteiger partial charge >= 0.3 is 0 Å². The van der Waals surface area contributed by atoms with Gasteiger partial charge in [0, 0.05) is 5.33 Å². The maximum Gasteiger partial charge on any atom is 0.256 e. The van der Waals surface area contributed by atoms with Crippen molar-refractivity contribution in [1.29, 1.82) is 0 Å². The predicted octanol–water partition coefficient (Wildman–Crippen LogP) is 3.92. The van der Waals surface area contributed by atoms with Crippen LogP contribution in [0.3, 0.4) is 0 Å². The van der Waals surface area contributed by atoms with Gasteiger partial charge in [-0.1, -0.05) is 46.4 Å². The Hall–Kier alpha value is -0.610. The van der Waals surface area contributed by atoms with E-state index in [0.717, 1.165) is 25.7 Å². The molecule has 1 N–H and O–H groups in total. The molecule has 0 aliphatic heterocycles. The first kappa shape index (κ1) is 13.8. The number of rotatable bonds is 3. The van der Waals surface area contributed by atoms with Gasteiger partial charge in [0.2, 0.25) is 0 Å². The molecular formula is C13H14BrClFNO. The number of hydrogen-bond donors (Lipinski definition) is 1. The molecule has 0 unspecified atom stereocenters. The summed E-state index contributed by atoms with van der Waals surface area (Å²) in [5.74, 6) is -1.01. The lowest BCUT2D eigenvalue weighted by atomic mass is 10.00. The lowest BCUT2D eigenvalue weighted by Gasteiger charge is -2.28. The molecular weight excluding hydrogens is 321 g/mol. The molecule has 1 aromatic rings. The van der Waals surface area contributed by atoms with Crippen LogP contribution < -0.4 is 5.32 Å². The first-order valence-electron chi connectivity index (χ1n) is 5.90. The minimum Gasteiger partial charge on any atom is -0.346 e. The zero-order valence-electron chi connectivity index (χ0n) is 9.81. The van der Waals surface area contributed by atoms with Crippen LogP contribution in [0.1, 0.15) is 36.0 Å². The fraction of sp³-hybridized carbons (Fsp3) is 0.462.